The molecule has 0 fully saturated rings. The van der Waals surface area contributed by atoms with E-state index < -0.39 is 11.7 Å². The van der Waals surface area contributed by atoms with Crippen LogP contribution in [0, 0.1) is 5.92 Å². The molecule has 114 valence electrons. The van der Waals surface area contributed by atoms with Gasteiger partial charge in [-0.15, -0.1) is 0 Å². The van der Waals surface area contributed by atoms with E-state index in [-0.39, 0.29) is 6.04 Å². The Morgan fingerprint density at radius 1 is 1.20 bits per heavy atom. The highest BCUT2D eigenvalue weighted by Gasteiger charge is 2.30. The van der Waals surface area contributed by atoms with Crippen LogP contribution in [0.4, 0.5) is 13.2 Å². The molecular weight excluding hydrogens is 265 g/mol. The maximum atomic E-state index is 12.5. The molecule has 1 aromatic rings. The van der Waals surface area contributed by atoms with Gasteiger partial charge in [0.1, 0.15) is 0 Å². The number of alkyl halides is 3. The zero-order valence-corrected chi connectivity index (χ0v) is 12.3. The van der Waals surface area contributed by atoms with Crippen LogP contribution >= 0.6 is 0 Å². The molecule has 1 N–H and O–H groups in total. The van der Waals surface area contributed by atoms with Gasteiger partial charge in [0, 0.05) is 12.2 Å². The number of nitrogens with zero attached hydrogens (tertiary/aromatic N) is 1. The van der Waals surface area contributed by atoms with E-state index in [9.17, 15) is 13.2 Å². The summed E-state index contributed by atoms with van der Waals surface area (Å²) in [5, 5.41) is 3.36. The molecule has 0 radical (unpaired) electrons. The summed E-state index contributed by atoms with van der Waals surface area (Å²) in [6.45, 7) is 7.17. The van der Waals surface area contributed by atoms with Crippen molar-refractivity contribution < 1.29 is 13.2 Å². The lowest BCUT2D eigenvalue weighted by Crippen LogP contribution is -2.23. The van der Waals surface area contributed by atoms with Gasteiger partial charge in [0.15, 0.2) is 0 Å². The molecule has 0 aliphatic rings. The van der Waals surface area contributed by atoms with Gasteiger partial charge in [0.05, 0.1) is 11.3 Å². The highest BCUT2D eigenvalue weighted by Crippen LogP contribution is 2.29. The SMILES string of the molecule is CCCNC(CCC(C)C)c1ccc(C(F)(F)F)cn1. The minimum atomic E-state index is -4.32. The molecule has 0 saturated heterocycles. The van der Waals surface area contributed by atoms with Crippen LogP contribution < -0.4 is 5.32 Å². The average molecular weight is 288 g/mol. The number of hydrogen-bond acceptors (Lipinski definition) is 2. The molecule has 0 spiro atoms. The Hall–Kier alpha value is -1.10. The van der Waals surface area contributed by atoms with Gasteiger partial charge in [0.25, 0.3) is 0 Å². The Morgan fingerprint density at radius 3 is 2.35 bits per heavy atom. The van der Waals surface area contributed by atoms with Gasteiger partial charge in [0.2, 0.25) is 0 Å². The van der Waals surface area contributed by atoms with E-state index in [0.717, 1.165) is 38.1 Å². The van der Waals surface area contributed by atoms with Crippen LogP contribution in [0.15, 0.2) is 18.3 Å². The second-order valence-corrected chi connectivity index (χ2v) is 5.45. The Kier molecular flexibility index (Phi) is 6.46. The molecule has 1 rings (SSSR count). The molecule has 0 saturated carbocycles. The van der Waals surface area contributed by atoms with Crippen molar-refractivity contribution in [3.05, 3.63) is 29.6 Å². The third-order valence-electron chi connectivity index (χ3n) is 3.14. The van der Waals surface area contributed by atoms with E-state index in [1.807, 2.05) is 0 Å². The second-order valence-electron chi connectivity index (χ2n) is 5.45. The summed E-state index contributed by atoms with van der Waals surface area (Å²) in [5.74, 6) is 0.565. The number of rotatable bonds is 7. The van der Waals surface area contributed by atoms with E-state index in [1.165, 1.54) is 6.07 Å². The quantitative estimate of drug-likeness (QED) is 0.794. The second kappa shape index (κ2) is 7.62. The van der Waals surface area contributed by atoms with Crippen LogP contribution in [0.5, 0.6) is 0 Å². The standard InChI is InChI=1S/C15H23F3N2/c1-4-9-19-13(7-5-11(2)3)14-8-6-12(10-20-14)15(16,17)18/h6,8,10-11,13,19H,4-5,7,9H2,1-3H3. The van der Waals surface area contributed by atoms with Gasteiger partial charge in [-0.05, 0) is 43.9 Å². The summed E-state index contributed by atoms with van der Waals surface area (Å²) in [6, 6.07) is 2.62. The summed E-state index contributed by atoms with van der Waals surface area (Å²) in [4.78, 5) is 3.99. The van der Waals surface area contributed by atoms with Gasteiger partial charge in [-0.2, -0.15) is 13.2 Å². The lowest BCUT2D eigenvalue weighted by Gasteiger charge is -2.19. The number of nitrogens with one attached hydrogen (secondary N) is 1. The fourth-order valence-electron chi connectivity index (χ4n) is 1.95. The first-order valence-electron chi connectivity index (χ1n) is 7.11. The largest absolute Gasteiger partial charge is 0.417 e. The van der Waals surface area contributed by atoms with Crippen molar-refractivity contribution in [3.8, 4) is 0 Å². The fourth-order valence-corrected chi connectivity index (χ4v) is 1.95. The van der Waals surface area contributed by atoms with E-state index in [4.69, 9.17) is 0 Å². The molecule has 1 unspecified atom stereocenters. The first kappa shape index (κ1) is 17.0. The monoisotopic (exact) mass is 288 g/mol. The molecule has 0 aromatic carbocycles. The lowest BCUT2D eigenvalue weighted by atomic mass is 10.0. The van der Waals surface area contributed by atoms with Crippen molar-refractivity contribution in [2.45, 2.75) is 52.3 Å². The van der Waals surface area contributed by atoms with Crippen molar-refractivity contribution >= 4 is 0 Å². The van der Waals surface area contributed by atoms with Gasteiger partial charge in [-0.25, -0.2) is 0 Å². The van der Waals surface area contributed by atoms with Crippen LogP contribution in [0.2, 0.25) is 0 Å². The number of halogens is 3. The van der Waals surface area contributed by atoms with Crippen molar-refractivity contribution in [1.82, 2.24) is 10.3 Å². The molecule has 0 bridgehead atoms. The zero-order valence-electron chi connectivity index (χ0n) is 12.3. The first-order chi connectivity index (χ1) is 9.34. The van der Waals surface area contributed by atoms with E-state index in [0.29, 0.717) is 11.6 Å². The highest BCUT2D eigenvalue weighted by atomic mass is 19.4. The normalized spacial score (nSPS) is 13.8. The van der Waals surface area contributed by atoms with Crippen molar-refractivity contribution in [3.63, 3.8) is 0 Å². The van der Waals surface area contributed by atoms with Crippen molar-refractivity contribution in [1.29, 1.82) is 0 Å². The number of aromatic nitrogens is 1. The molecule has 1 aromatic heterocycles. The van der Waals surface area contributed by atoms with Gasteiger partial charge >= 0.3 is 6.18 Å². The predicted molar refractivity (Wildman–Crippen MR) is 74.3 cm³/mol. The summed E-state index contributed by atoms with van der Waals surface area (Å²) < 4.78 is 37.6. The smallest absolute Gasteiger partial charge is 0.309 e. The molecule has 5 heteroatoms. The molecule has 20 heavy (non-hydrogen) atoms. The first-order valence-corrected chi connectivity index (χ1v) is 7.11. The van der Waals surface area contributed by atoms with Crippen molar-refractivity contribution in [2.24, 2.45) is 5.92 Å². The lowest BCUT2D eigenvalue weighted by molar-refractivity contribution is -0.137. The third kappa shape index (κ3) is 5.49. The van der Waals surface area contributed by atoms with Crippen LogP contribution in [-0.4, -0.2) is 11.5 Å². The van der Waals surface area contributed by atoms with Gasteiger partial charge in [-0.3, -0.25) is 4.98 Å². The molecule has 0 amide bonds. The van der Waals surface area contributed by atoms with Crippen LogP contribution in [-0.2, 0) is 6.18 Å². The Morgan fingerprint density at radius 2 is 1.90 bits per heavy atom. The van der Waals surface area contributed by atoms with E-state index in [2.05, 4.69) is 31.1 Å². The highest BCUT2D eigenvalue weighted by molar-refractivity contribution is 5.19. The Labute approximate surface area is 118 Å². The van der Waals surface area contributed by atoms with Crippen LogP contribution in [0.1, 0.15) is 57.3 Å². The summed E-state index contributed by atoms with van der Waals surface area (Å²) in [7, 11) is 0. The number of hydrogen-bond donors (Lipinski definition) is 1. The molecule has 0 aliphatic heterocycles. The minimum Gasteiger partial charge on any atom is -0.309 e. The van der Waals surface area contributed by atoms with E-state index in [1.54, 1.807) is 0 Å². The zero-order chi connectivity index (χ0) is 15.2. The average Bonchev–Trinajstić information content (AvgIpc) is 2.38. The van der Waals surface area contributed by atoms with Crippen LogP contribution in [0.25, 0.3) is 0 Å². The van der Waals surface area contributed by atoms with Gasteiger partial charge < -0.3 is 5.32 Å². The maximum Gasteiger partial charge on any atom is 0.417 e. The molecule has 1 atom stereocenters. The number of pyridine rings is 1. The minimum absolute atomic E-state index is 0.0274. The third-order valence-corrected chi connectivity index (χ3v) is 3.14. The maximum absolute atomic E-state index is 12.5. The molecule has 2 nitrogen and oxygen atoms in total. The summed E-state index contributed by atoms with van der Waals surface area (Å²) >= 11 is 0. The molecule has 1 heterocycles. The summed E-state index contributed by atoms with van der Waals surface area (Å²) in [6.07, 6.45) is -0.514. The Bertz CT molecular complexity index is 385. The topological polar surface area (TPSA) is 24.9 Å². The van der Waals surface area contributed by atoms with E-state index >= 15 is 0 Å². The van der Waals surface area contributed by atoms with Crippen LogP contribution in [0.3, 0.4) is 0 Å². The predicted octanol–water partition coefficient (Wildman–Crippen LogP) is 4.58. The fraction of sp³-hybridized carbons (Fsp3) is 0.667. The summed E-state index contributed by atoms with van der Waals surface area (Å²) in [5.41, 5.74) is -0.00792. The molecule has 0 aliphatic carbocycles. The molecular formula is C15H23F3N2. The Balaban J connectivity index is 2.79. The van der Waals surface area contributed by atoms with Gasteiger partial charge in [-0.1, -0.05) is 20.8 Å². The van der Waals surface area contributed by atoms with Crippen molar-refractivity contribution in [2.75, 3.05) is 6.54 Å².